The van der Waals surface area contributed by atoms with Crippen LogP contribution >= 0.6 is 0 Å². The van der Waals surface area contributed by atoms with Gasteiger partial charge in [0.1, 0.15) is 11.9 Å². The summed E-state index contributed by atoms with van der Waals surface area (Å²) < 4.78 is 1.81. The predicted molar refractivity (Wildman–Crippen MR) is 67.8 cm³/mol. The van der Waals surface area contributed by atoms with Gasteiger partial charge in [-0.2, -0.15) is 5.10 Å². The van der Waals surface area contributed by atoms with E-state index in [2.05, 4.69) is 5.10 Å². The lowest BCUT2D eigenvalue weighted by Crippen LogP contribution is -2.45. The second kappa shape index (κ2) is 4.33. The highest BCUT2D eigenvalue weighted by atomic mass is 16.4. The van der Waals surface area contributed by atoms with Crippen molar-refractivity contribution in [3.8, 4) is 0 Å². The molecule has 3 heterocycles. The molecule has 0 radical (unpaired) electrons. The summed E-state index contributed by atoms with van der Waals surface area (Å²) in [6, 6.07) is 7.33. The summed E-state index contributed by atoms with van der Waals surface area (Å²) >= 11 is 0. The van der Waals surface area contributed by atoms with Crippen LogP contribution in [0.2, 0.25) is 0 Å². The number of aromatic nitrogens is 2. The Morgan fingerprint density at radius 2 is 2.22 bits per heavy atom. The zero-order valence-electron chi connectivity index (χ0n) is 9.99. The summed E-state index contributed by atoms with van der Waals surface area (Å²) in [5.74, 6) is 0.123. The van der Waals surface area contributed by atoms with Gasteiger partial charge in [-0.05, 0) is 43.5 Å². The zero-order valence-corrected chi connectivity index (χ0v) is 9.99. The second-order valence-electron chi connectivity index (χ2n) is 4.60. The first kappa shape index (κ1) is 11.1. The summed E-state index contributed by atoms with van der Waals surface area (Å²) in [5.41, 5.74) is 0.988. The number of fused-ring (bicyclic) bond motifs is 1. The molecular weight excluding hydrogens is 230 g/mol. The number of nitrogens with zero attached hydrogens (tertiary/aromatic N) is 3. The Bertz CT molecular complexity index is 578. The average molecular weight is 245 g/mol. The summed E-state index contributed by atoms with van der Waals surface area (Å²) in [4.78, 5) is 13.3. The van der Waals surface area contributed by atoms with Crippen LogP contribution in [0.5, 0.6) is 0 Å². The summed E-state index contributed by atoms with van der Waals surface area (Å²) in [7, 11) is 0. The van der Waals surface area contributed by atoms with Gasteiger partial charge in [0.05, 0.1) is 5.52 Å². The van der Waals surface area contributed by atoms with E-state index in [4.69, 9.17) is 0 Å². The highest BCUT2D eigenvalue weighted by molar-refractivity contribution is 5.78. The minimum Gasteiger partial charge on any atom is -0.480 e. The fraction of sp³-hybridized carbons (Fsp3) is 0.385. The van der Waals surface area contributed by atoms with E-state index in [1.807, 2.05) is 29.2 Å². The molecule has 94 valence electrons. The molecule has 3 rings (SSSR count). The van der Waals surface area contributed by atoms with E-state index < -0.39 is 12.0 Å². The van der Waals surface area contributed by atoms with E-state index in [9.17, 15) is 9.90 Å². The average Bonchev–Trinajstić information content (AvgIpc) is 2.82. The van der Waals surface area contributed by atoms with Gasteiger partial charge in [-0.1, -0.05) is 0 Å². The third kappa shape index (κ3) is 1.72. The van der Waals surface area contributed by atoms with Gasteiger partial charge in [-0.15, -0.1) is 0 Å². The van der Waals surface area contributed by atoms with Crippen molar-refractivity contribution in [3.63, 3.8) is 0 Å². The molecule has 5 heteroatoms. The molecule has 0 amide bonds. The maximum atomic E-state index is 11.3. The molecule has 1 aliphatic rings. The van der Waals surface area contributed by atoms with Crippen LogP contribution in [0.25, 0.3) is 5.52 Å². The maximum Gasteiger partial charge on any atom is 0.326 e. The fourth-order valence-corrected chi connectivity index (χ4v) is 2.61. The van der Waals surface area contributed by atoms with Gasteiger partial charge in [-0.25, -0.2) is 9.31 Å². The smallest absolute Gasteiger partial charge is 0.326 e. The third-order valence-corrected chi connectivity index (χ3v) is 3.48. The van der Waals surface area contributed by atoms with Gasteiger partial charge in [0, 0.05) is 12.7 Å². The molecule has 1 fully saturated rings. The quantitative estimate of drug-likeness (QED) is 0.876. The number of anilines is 1. The van der Waals surface area contributed by atoms with Crippen LogP contribution in [0.4, 0.5) is 5.82 Å². The van der Waals surface area contributed by atoms with Crippen molar-refractivity contribution in [1.82, 2.24) is 9.61 Å². The van der Waals surface area contributed by atoms with Gasteiger partial charge in [-0.3, -0.25) is 0 Å². The molecule has 5 nitrogen and oxygen atoms in total. The number of carboxylic acid groups (broad SMARTS) is 1. The Hall–Kier alpha value is -2.04. The standard InChI is InChI=1S/C13H15N3O2/c17-13(18)11-5-1-2-9-15(11)12-7-6-10-4-3-8-14-16(10)12/h3-4,6-8,11H,1-2,5,9H2,(H,17,18). The molecule has 1 aliphatic heterocycles. The molecule has 0 aliphatic carbocycles. The van der Waals surface area contributed by atoms with Crippen molar-refractivity contribution in [3.05, 3.63) is 30.5 Å². The van der Waals surface area contributed by atoms with Crippen molar-refractivity contribution < 1.29 is 9.90 Å². The van der Waals surface area contributed by atoms with Crippen LogP contribution in [0.15, 0.2) is 30.5 Å². The number of rotatable bonds is 2. The number of hydrogen-bond donors (Lipinski definition) is 1. The van der Waals surface area contributed by atoms with Crippen molar-refractivity contribution in [1.29, 1.82) is 0 Å². The molecule has 1 saturated heterocycles. The van der Waals surface area contributed by atoms with E-state index in [-0.39, 0.29) is 0 Å². The first-order valence-electron chi connectivity index (χ1n) is 6.19. The minimum atomic E-state index is -0.749. The van der Waals surface area contributed by atoms with Gasteiger partial charge in [0.25, 0.3) is 0 Å². The van der Waals surface area contributed by atoms with Gasteiger partial charge in [0.15, 0.2) is 0 Å². The highest BCUT2D eigenvalue weighted by Gasteiger charge is 2.30. The first-order valence-corrected chi connectivity index (χ1v) is 6.19. The van der Waals surface area contributed by atoms with Crippen molar-refractivity contribution in [2.45, 2.75) is 25.3 Å². The summed E-state index contributed by atoms with van der Waals surface area (Å²) in [6.07, 6.45) is 4.43. The van der Waals surface area contributed by atoms with E-state index in [0.29, 0.717) is 6.42 Å². The first-order chi connectivity index (χ1) is 8.77. The number of piperidine rings is 1. The Morgan fingerprint density at radius 1 is 1.33 bits per heavy atom. The molecule has 1 N–H and O–H groups in total. The predicted octanol–water partition coefficient (Wildman–Crippen LogP) is 1.78. The molecule has 1 atom stereocenters. The summed E-state index contributed by atoms with van der Waals surface area (Å²) in [6.45, 7) is 0.777. The topological polar surface area (TPSA) is 57.8 Å². The lowest BCUT2D eigenvalue weighted by Gasteiger charge is -2.34. The van der Waals surface area contributed by atoms with Crippen molar-refractivity contribution in [2.24, 2.45) is 0 Å². The molecule has 18 heavy (non-hydrogen) atoms. The number of hydrogen-bond acceptors (Lipinski definition) is 3. The van der Waals surface area contributed by atoms with Crippen LogP contribution in [-0.4, -0.2) is 33.3 Å². The molecule has 2 aromatic heterocycles. The molecule has 0 spiro atoms. The number of carboxylic acids is 1. The Kier molecular flexibility index (Phi) is 2.66. The second-order valence-corrected chi connectivity index (χ2v) is 4.60. The molecule has 0 aromatic carbocycles. The summed E-state index contributed by atoms with van der Waals surface area (Å²) in [5, 5.41) is 13.6. The van der Waals surface area contributed by atoms with Crippen LogP contribution in [-0.2, 0) is 4.79 Å². The normalized spacial score (nSPS) is 20.2. The van der Waals surface area contributed by atoms with Gasteiger partial charge >= 0.3 is 5.97 Å². The lowest BCUT2D eigenvalue weighted by atomic mass is 10.0. The van der Waals surface area contributed by atoms with Crippen molar-refractivity contribution >= 4 is 17.3 Å². The van der Waals surface area contributed by atoms with E-state index in [1.165, 1.54) is 0 Å². The minimum absolute atomic E-state index is 0.432. The Labute approximate surface area is 105 Å². The highest BCUT2D eigenvalue weighted by Crippen LogP contribution is 2.26. The van der Waals surface area contributed by atoms with E-state index in [1.54, 1.807) is 10.7 Å². The number of aliphatic carboxylic acids is 1. The van der Waals surface area contributed by atoms with Crippen LogP contribution in [0, 0.1) is 0 Å². The molecular formula is C13H15N3O2. The van der Waals surface area contributed by atoms with Gasteiger partial charge < -0.3 is 10.0 Å². The zero-order chi connectivity index (χ0) is 12.5. The van der Waals surface area contributed by atoms with E-state index >= 15 is 0 Å². The maximum absolute atomic E-state index is 11.3. The Balaban J connectivity index is 2.04. The Morgan fingerprint density at radius 3 is 3.06 bits per heavy atom. The van der Waals surface area contributed by atoms with Gasteiger partial charge in [0.2, 0.25) is 0 Å². The number of carbonyl (C=O) groups is 1. The molecule has 1 unspecified atom stereocenters. The molecule has 0 saturated carbocycles. The molecule has 2 aromatic rings. The van der Waals surface area contributed by atoms with Crippen molar-refractivity contribution in [2.75, 3.05) is 11.4 Å². The van der Waals surface area contributed by atoms with E-state index in [0.717, 1.165) is 30.7 Å². The monoisotopic (exact) mass is 245 g/mol. The SMILES string of the molecule is O=C(O)C1CCCCN1c1ccc2cccnn12. The van der Waals surface area contributed by atoms with Crippen LogP contribution in [0.1, 0.15) is 19.3 Å². The lowest BCUT2D eigenvalue weighted by molar-refractivity contribution is -0.139. The van der Waals surface area contributed by atoms with Crippen LogP contribution < -0.4 is 4.90 Å². The largest absolute Gasteiger partial charge is 0.480 e. The third-order valence-electron chi connectivity index (χ3n) is 3.48. The fourth-order valence-electron chi connectivity index (χ4n) is 2.61. The molecule has 0 bridgehead atoms. The van der Waals surface area contributed by atoms with Crippen LogP contribution in [0.3, 0.4) is 0 Å².